The molecule has 0 aliphatic carbocycles. The lowest BCUT2D eigenvalue weighted by Crippen LogP contribution is -2.31. The van der Waals surface area contributed by atoms with Crippen LogP contribution in [0.5, 0.6) is 0 Å². The normalized spacial score (nSPS) is 14.7. The molecule has 0 saturated carbocycles. The van der Waals surface area contributed by atoms with E-state index in [2.05, 4.69) is 52.4 Å². The first-order valence-corrected chi connectivity index (χ1v) is 14.4. The van der Waals surface area contributed by atoms with Crippen LogP contribution in [0, 0.1) is 0 Å². The minimum atomic E-state index is -3.67. The fourth-order valence-electron chi connectivity index (χ4n) is 4.20. The molecular weight excluding hydrogens is 464 g/mol. The van der Waals surface area contributed by atoms with E-state index in [0.29, 0.717) is 23.5 Å². The zero-order valence-electron chi connectivity index (χ0n) is 20.3. The summed E-state index contributed by atoms with van der Waals surface area (Å²) < 4.78 is 28.8. The molecular formula is C26H34N4O2S2. The van der Waals surface area contributed by atoms with Gasteiger partial charge in [0, 0.05) is 37.8 Å². The molecule has 1 aromatic carbocycles. The van der Waals surface area contributed by atoms with Gasteiger partial charge in [0.2, 0.25) is 0 Å². The van der Waals surface area contributed by atoms with E-state index in [0.717, 1.165) is 37.3 Å². The molecule has 0 radical (unpaired) electrons. The van der Waals surface area contributed by atoms with Crippen LogP contribution in [0.2, 0.25) is 0 Å². The number of sulfone groups is 1. The summed E-state index contributed by atoms with van der Waals surface area (Å²) in [5, 5.41) is 4.47. The van der Waals surface area contributed by atoms with E-state index in [9.17, 15) is 8.42 Å². The quantitative estimate of drug-likeness (QED) is 0.293. The van der Waals surface area contributed by atoms with Gasteiger partial charge in [-0.15, -0.1) is 24.9 Å². The van der Waals surface area contributed by atoms with Crippen molar-refractivity contribution in [2.24, 2.45) is 0 Å². The Morgan fingerprint density at radius 1 is 1.21 bits per heavy atom. The lowest BCUT2D eigenvalue weighted by atomic mass is 10.1. The summed E-state index contributed by atoms with van der Waals surface area (Å²) in [6.07, 6.45) is 8.74. The largest absolute Gasteiger partial charge is 0.294 e. The Kier molecular flexibility index (Phi) is 9.10. The highest BCUT2D eigenvalue weighted by atomic mass is 32.2. The Hall–Kier alpha value is -2.42. The molecule has 0 amide bonds. The van der Waals surface area contributed by atoms with Gasteiger partial charge in [-0.25, -0.2) is 17.9 Å². The molecule has 6 nitrogen and oxygen atoms in total. The summed E-state index contributed by atoms with van der Waals surface area (Å²) in [6.45, 7) is 14.0. The molecule has 182 valence electrons. The molecule has 2 aromatic heterocycles. The average molecular weight is 499 g/mol. The molecule has 34 heavy (non-hydrogen) atoms. The number of aromatic nitrogens is 3. The minimum Gasteiger partial charge on any atom is -0.294 e. The highest BCUT2D eigenvalue weighted by Gasteiger charge is 2.33. The molecule has 1 atom stereocenters. The zero-order chi connectivity index (χ0) is 24.7. The van der Waals surface area contributed by atoms with Crippen molar-refractivity contribution in [1.29, 1.82) is 0 Å². The number of allylic oxidation sites excluding steroid dienone is 1. The number of fused-ring (bicyclic) bond motifs is 3. The summed E-state index contributed by atoms with van der Waals surface area (Å²) in [5.74, 6) is 0. The second kappa shape index (κ2) is 11.8. The number of hydrogen-bond donors (Lipinski definition) is 0. The van der Waals surface area contributed by atoms with Gasteiger partial charge in [0.15, 0.2) is 15.5 Å². The first-order chi connectivity index (χ1) is 16.5. The Balaban J connectivity index is 0.00000158. The molecule has 0 spiro atoms. The van der Waals surface area contributed by atoms with Gasteiger partial charge in [-0.05, 0) is 24.7 Å². The molecule has 0 N–H and O–H groups in total. The maximum atomic E-state index is 13.5. The highest BCUT2D eigenvalue weighted by molar-refractivity contribution is 7.99. The van der Waals surface area contributed by atoms with Crippen LogP contribution in [0.15, 0.2) is 71.8 Å². The van der Waals surface area contributed by atoms with Crippen molar-refractivity contribution in [1.82, 2.24) is 19.5 Å². The van der Waals surface area contributed by atoms with Gasteiger partial charge < -0.3 is 0 Å². The lowest BCUT2D eigenvalue weighted by Gasteiger charge is -2.28. The van der Waals surface area contributed by atoms with Gasteiger partial charge in [-0.1, -0.05) is 56.3 Å². The van der Waals surface area contributed by atoms with Gasteiger partial charge in [-0.2, -0.15) is 5.10 Å². The predicted molar refractivity (Wildman–Crippen MR) is 141 cm³/mol. The summed E-state index contributed by atoms with van der Waals surface area (Å²) in [6, 6.07) is 10.4. The minimum absolute atomic E-state index is 0.216. The predicted octanol–water partition coefficient (Wildman–Crippen LogP) is 5.33. The fourth-order valence-corrected chi connectivity index (χ4v) is 6.92. The van der Waals surface area contributed by atoms with E-state index in [1.807, 2.05) is 32.4 Å². The number of rotatable bonds is 9. The van der Waals surface area contributed by atoms with Gasteiger partial charge >= 0.3 is 0 Å². The second-order valence-corrected chi connectivity index (χ2v) is 10.8. The molecule has 3 aromatic rings. The second-order valence-electron chi connectivity index (χ2n) is 7.94. The summed E-state index contributed by atoms with van der Waals surface area (Å²) in [5.41, 5.74) is 3.81. The number of thioether (sulfide) groups is 1. The smallest absolute Gasteiger partial charge is 0.191 e. The third-order valence-corrected chi connectivity index (χ3v) is 8.83. The van der Waals surface area contributed by atoms with Gasteiger partial charge in [0.1, 0.15) is 9.92 Å². The van der Waals surface area contributed by atoms with Crippen molar-refractivity contribution in [2.75, 3.05) is 12.8 Å². The molecule has 1 aliphatic heterocycles. The molecule has 0 saturated heterocycles. The van der Waals surface area contributed by atoms with Gasteiger partial charge in [-0.3, -0.25) is 4.90 Å². The Bertz CT molecular complexity index is 1240. The van der Waals surface area contributed by atoms with Crippen LogP contribution in [0.4, 0.5) is 0 Å². The lowest BCUT2D eigenvalue weighted by molar-refractivity contribution is 0.241. The van der Waals surface area contributed by atoms with Gasteiger partial charge in [0.25, 0.3) is 0 Å². The fraction of sp³-hybridized carbons (Fsp3) is 0.385. The number of nitrogens with zero attached hydrogens (tertiary/aromatic N) is 4. The Labute approximate surface area is 207 Å². The van der Waals surface area contributed by atoms with E-state index in [1.54, 1.807) is 10.6 Å². The first kappa shape index (κ1) is 26.2. The van der Waals surface area contributed by atoms with E-state index >= 15 is 0 Å². The molecule has 0 bridgehead atoms. The van der Waals surface area contributed by atoms with E-state index in [4.69, 9.17) is 0 Å². The first-order valence-electron chi connectivity index (χ1n) is 11.7. The third kappa shape index (κ3) is 5.29. The summed E-state index contributed by atoms with van der Waals surface area (Å²) in [4.78, 5) is 7.19. The zero-order valence-corrected chi connectivity index (χ0v) is 21.9. The van der Waals surface area contributed by atoms with E-state index in [-0.39, 0.29) is 4.90 Å². The molecule has 0 fully saturated rings. The molecule has 1 aliphatic rings. The molecule has 4 rings (SSSR count). The van der Waals surface area contributed by atoms with Crippen LogP contribution in [0.3, 0.4) is 0 Å². The highest BCUT2D eigenvalue weighted by Crippen LogP contribution is 2.33. The average Bonchev–Trinajstić information content (AvgIpc) is 3.26. The molecule has 3 heterocycles. The maximum absolute atomic E-state index is 13.5. The van der Waals surface area contributed by atoms with Crippen molar-refractivity contribution in [3.63, 3.8) is 0 Å². The van der Waals surface area contributed by atoms with Crippen LogP contribution in [0.25, 0.3) is 5.65 Å². The summed E-state index contributed by atoms with van der Waals surface area (Å²) in [7, 11) is -3.67. The van der Waals surface area contributed by atoms with E-state index < -0.39 is 15.1 Å². The van der Waals surface area contributed by atoms with Crippen molar-refractivity contribution in [2.45, 2.75) is 61.4 Å². The molecule has 1 unspecified atom stereocenters. The van der Waals surface area contributed by atoms with Crippen LogP contribution in [-0.4, -0.2) is 46.0 Å². The SMILES string of the molecule is C=CCCC(C=C)S(=O)(=O)c1c(SC)nn2c3c(cnc12)CN(Cc1ccccc1)CC3.CC. The number of hydrogen-bond acceptors (Lipinski definition) is 6. The van der Waals surface area contributed by atoms with Gasteiger partial charge in [0.05, 0.1) is 10.9 Å². The summed E-state index contributed by atoms with van der Waals surface area (Å²) >= 11 is 1.34. The van der Waals surface area contributed by atoms with Crippen molar-refractivity contribution < 1.29 is 8.42 Å². The van der Waals surface area contributed by atoms with E-state index in [1.165, 1.54) is 23.4 Å². The van der Waals surface area contributed by atoms with Crippen molar-refractivity contribution >= 4 is 27.2 Å². The third-order valence-electron chi connectivity index (χ3n) is 5.86. The van der Waals surface area contributed by atoms with Crippen molar-refractivity contribution in [3.8, 4) is 0 Å². The molecule has 8 heteroatoms. The van der Waals surface area contributed by atoms with Crippen LogP contribution in [-0.2, 0) is 29.3 Å². The number of benzene rings is 1. The standard InChI is InChI=1S/C24H28N4O2S2.C2H6/c1-4-6-12-20(5-2)32(29,30)22-23-25-15-19-17-27(16-18-10-8-7-9-11-18)14-13-21(19)28(23)26-24(22)31-3;1-2/h4-5,7-11,15,20H,1-2,6,12-14,16-17H2,3H3;1-2H3. The Morgan fingerprint density at radius 2 is 1.94 bits per heavy atom. The van der Waals surface area contributed by atoms with Crippen molar-refractivity contribution in [3.05, 3.63) is 78.7 Å². The topological polar surface area (TPSA) is 67.6 Å². The Morgan fingerprint density at radius 3 is 2.59 bits per heavy atom. The monoisotopic (exact) mass is 498 g/mol. The van der Waals surface area contributed by atoms with Crippen LogP contribution >= 0.6 is 11.8 Å². The maximum Gasteiger partial charge on any atom is 0.191 e. The van der Waals surface area contributed by atoms with Crippen LogP contribution < -0.4 is 0 Å². The van der Waals surface area contributed by atoms with Crippen LogP contribution in [0.1, 0.15) is 43.5 Å².